The van der Waals surface area contributed by atoms with Gasteiger partial charge in [-0.1, -0.05) is 35.5 Å². The van der Waals surface area contributed by atoms with Crippen LogP contribution in [0.2, 0.25) is 5.15 Å². The van der Waals surface area contributed by atoms with Gasteiger partial charge < -0.3 is 11.2 Å². The predicted molar refractivity (Wildman–Crippen MR) is 103 cm³/mol. The first-order valence-corrected chi connectivity index (χ1v) is 9.21. The Balaban J connectivity index is 1.65. The molecule has 0 aliphatic heterocycles. The maximum absolute atomic E-state index is 13.0. The van der Waals surface area contributed by atoms with Crippen LogP contribution in [0.15, 0.2) is 47.8 Å². The van der Waals surface area contributed by atoms with Gasteiger partial charge in [-0.3, -0.25) is 4.79 Å². The van der Waals surface area contributed by atoms with E-state index in [1.54, 1.807) is 31.2 Å². The molecule has 2 heterocycles. The summed E-state index contributed by atoms with van der Waals surface area (Å²) in [5.74, 6) is 5.97. The zero-order valence-corrected chi connectivity index (χ0v) is 15.8. The second-order valence-electron chi connectivity index (χ2n) is 5.66. The fraction of sp³-hybridized carbons (Fsp3) is 0.176. The Labute approximate surface area is 164 Å². The maximum atomic E-state index is 13.0. The van der Waals surface area contributed by atoms with Gasteiger partial charge in [0.25, 0.3) is 0 Å². The summed E-state index contributed by atoms with van der Waals surface area (Å²) in [6.45, 7) is 1.72. The summed E-state index contributed by atoms with van der Waals surface area (Å²) < 4.78 is 14.3. The van der Waals surface area contributed by atoms with E-state index in [0.29, 0.717) is 23.1 Å². The molecule has 7 nitrogen and oxygen atoms in total. The maximum Gasteiger partial charge on any atom is 0.237 e. The highest BCUT2D eigenvalue weighted by Crippen LogP contribution is 2.24. The normalized spacial score (nSPS) is 12.0. The number of nitrogens with two attached hydrogens (primary N) is 1. The molecule has 0 aliphatic carbocycles. The lowest BCUT2D eigenvalue weighted by molar-refractivity contribution is -0.115. The average molecular weight is 407 g/mol. The second-order valence-corrected chi connectivity index (χ2v) is 7.33. The van der Waals surface area contributed by atoms with Crippen molar-refractivity contribution in [1.29, 1.82) is 0 Å². The molecular weight excluding hydrogens is 391 g/mol. The van der Waals surface area contributed by atoms with Crippen LogP contribution in [-0.2, 0) is 11.2 Å². The number of carbonyl (C=O) groups excluding carboxylic acids is 1. The number of amides is 1. The number of benzene rings is 1. The molecule has 27 heavy (non-hydrogen) atoms. The molecule has 0 aliphatic rings. The van der Waals surface area contributed by atoms with E-state index in [2.05, 4.69) is 20.5 Å². The van der Waals surface area contributed by atoms with Gasteiger partial charge >= 0.3 is 0 Å². The van der Waals surface area contributed by atoms with Gasteiger partial charge in [0, 0.05) is 12.6 Å². The molecular formula is C17H16ClFN6OS. The third kappa shape index (κ3) is 4.75. The molecule has 2 aromatic heterocycles. The Morgan fingerprint density at radius 2 is 2.07 bits per heavy atom. The van der Waals surface area contributed by atoms with Crippen LogP contribution in [0.3, 0.4) is 0 Å². The van der Waals surface area contributed by atoms with Gasteiger partial charge in [0.2, 0.25) is 11.1 Å². The van der Waals surface area contributed by atoms with Gasteiger partial charge in [-0.15, -0.1) is 10.2 Å². The summed E-state index contributed by atoms with van der Waals surface area (Å²) in [6.07, 6.45) is 1.94. The summed E-state index contributed by atoms with van der Waals surface area (Å²) in [6, 6.07) is 9.40. The molecule has 0 radical (unpaired) electrons. The summed E-state index contributed by atoms with van der Waals surface area (Å²) in [5, 5.41) is 10.9. The second kappa shape index (κ2) is 8.36. The van der Waals surface area contributed by atoms with E-state index in [-0.39, 0.29) is 16.9 Å². The predicted octanol–water partition coefficient (Wildman–Crippen LogP) is 2.89. The average Bonchev–Trinajstić information content (AvgIpc) is 2.99. The van der Waals surface area contributed by atoms with Gasteiger partial charge in [-0.2, -0.15) is 0 Å². The molecule has 0 fully saturated rings. The number of rotatable bonds is 6. The van der Waals surface area contributed by atoms with Crippen LogP contribution in [0.5, 0.6) is 0 Å². The van der Waals surface area contributed by atoms with Crippen molar-refractivity contribution < 1.29 is 9.18 Å². The van der Waals surface area contributed by atoms with Crippen molar-refractivity contribution in [2.24, 2.45) is 0 Å². The summed E-state index contributed by atoms with van der Waals surface area (Å²) >= 11 is 7.11. The highest BCUT2D eigenvalue weighted by molar-refractivity contribution is 8.00. The minimum atomic E-state index is -0.494. The van der Waals surface area contributed by atoms with Gasteiger partial charge in [0.15, 0.2) is 11.0 Å². The van der Waals surface area contributed by atoms with Gasteiger partial charge in [-0.05, 0) is 36.8 Å². The number of hydrogen-bond donors (Lipinski definition) is 2. The first-order chi connectivity index (χ1) is 12.9. The molecule has 1 aromatic carbocycles. The fourth-order valence-corrected chi connectivity index (χ4v) is 3.17. The molecule has 3 aromatic rings. The van der Waals surface area contributed by atoms with Crippen LogP contribution < -0.4 is 11.2 Å². The molecule has 0 spiro atoms. The highest BCUT2D eigenvalue weighted by Gasteiger charge is 2.20. The lowest BCUT2D eigenvalue weighted by Gasteiger charge is -2.12. The number of nitrogens with zero attached hydrogens (tertiary/aromatic N) is 4. The fourth-order valence-electron chi connectivity index (χ4n) is 2.22. The molecule has 1 atom stereocenters. The van der Waals surface area contributed by atoms with Crippen LogP contribution in [0.25, 0.3) is 0 Å². The molecule has 1 amide bonds. The number of aromatic nitrogens is 4. The topological polar surface area (TPSA) is 98.7 Å². The van der Waals surface area contributed by atoms with Crippen molar-refractivity contribution in [3.05, 3.63) is 65.0 Å². The van der Waals surface area contributed by atoms with E-state index in [1.807, 2.05) is 0 Å². The number of hydrogen-bond acceptors (Lipinski definition) is 6. The van der Waals surface area contributed by atoms with Crippen molar-refractivity contribution in [1.82, 2.24) is 19.9 Å². The summed E-state index contributed by atoms with van der Waals surface area (Å²) in [5.41, 5.74) is 1.28. The zero-order chi connectivity index (χ0) is 19.4. The van der Waals surface area contributed by atoms with Crippen molar-refractivity contribution >= 4 is 35.0 Å². The number of thioether (sulfide) groups is 1. The van der Waals surface area contributed by atoms with Crippen LogP contribution in [0.1, 0.15) is 18.3 Å². The number of pyridine rings is 1. The lowest BCUT2D eigenvalue weighted by atomic mass is 10.1. The largest absolute Gasteiger partial charge is 0.336 e. The summed E-state index contributed by atoms with van der Waals surface area (Å²) in [7, 11) is 0. The molecule has 0 saturated heterocycles. The highest BCUT2D eigenvalue weighted by atomic mass is 35.5. The van der Waals surface area contributed by atoms with Gasteiger partial charge in [0.1, 0.15) is 5.82 Å². The number of carbonyl (C=O) groups is 1. The molecule has 0 unspecified atom stereocenters. The molecule has 3 N–H and O–H groups in total. The van der Waals surface area contributed by atoms with E-state index in [1.165, 1.54) is 34.8 Å². The first-order valence-electron chi connectivity index (χ1n) is 7.96. The van der Waals surface area contributed by atoms with E-state index >= 15 is 0 Å². The third-order valence-electron chi connectivity index (χ3n) is 3.68. The standard InChI is InChI=1S/C17H16ClFN6OS/c1-10(16(26)22-13-3-2-8-21-15(13)18)27-17-24-23-14(25(17)20)9-11-4-6-12(19)7-5-11/h2-8,10H,9,20H2,1H3,(H,22,26)/t10-/m1/s1. The van der Waals surface area contributed by atoms with E-state index in [0.717, 1.165) is 5.56 Å². The number of halogens is 2. The summed E-state index contributed by atoms with van der Waals surface area (Å²) in [4.78, 5) is 16.3. The van der Waals surface area contributed by atoms with E-state index in [4.69, 9.17) is 17.4 Å². The minimum absolute atomic E-state index is 0.214. The molecule has 10 heteroatoms. The van der Waals surface area contributed by atoms with Crippen LogP contribution in [0.4, 0.5) is 10.1 Å². The minimum Gasteiger partial charge on any atom is -0.336 e. The zero-order valence-electron chi connectivity index (χ0n) is 14.3. The first kappa shape index (κ1) is 19.1. The van der Waals surface area contributed by atoms with Crippen LogP contribution in [0, 0.1) is 5.82 Å². The Hall–Kier alpha value is -2.65. The third-order valence-corrected chi connectivity index (χ3v) is 5.04. The molecule has 3 rings (SSSR count). The van der Waals surface area contributed by atoms with Gasteiger partial charge in [0.05, 0.1) is 10.9 Å². The number of anilines is 1. The number of nitrogen functional groups attached to an aromatic ring is 1. The van der Waals surface area contributed by atoms with Crippen molar-refractivity contribution in [2.45, 2.75) is 23.8 Å². The van der Waals surface area contributed by atoms with Gasteiger partial charge in [-0.25, -0.2) is 14.1 Å². The Morgan fingerprint density at radius 1 is 1.33 bits per heavy atom. The Morgan fingerprint density at radius 3 is 2.78 bits per heavy atom. The Kier molecular flexibility index (Phi) is 5.92. The van der Waals surface area contributed by atoms with E-state index < -0.39 is 5.25 Å². The lowest BCUT2D eigenvalue weighted by Crippen LogP contribution is -2.24. The monoisotopic (exact) mass is 406 g/mol. The van der Waals surface area contributed by atoms with Crippen molar-refractivity contribution in [2.75, 3.05) is 11.2 Å². The SMILES string of the molecule is C[C@@H](Sc1nnc(Cc2ccc(F)cc2)n1N)C(=O)Nc1cccnc1Cl. The molecule has 0 saturated carbocycles. The van der Waals surface area contributed by atoms with Crippen molar-refractivity contribution in [3.63, 3.8) is 0 Å². The van der Waals surface area contributed by atoms with E-state index in [9.17, 15) is 9.18 Å². The quantitative estimate of drug-likeness (QED) is 0.371. The molecule has 0 bridgehead atoms. The molecule has 140 valence electrons. The Bertz CT molecular complexity index is 949. The van der Waals surface area contributed by atoms with Crippen LogP contribution in [-0.4, -0.2) is 31.0 Å². The van der Waals surface area contributed by atoms with Crippen molar-refractivity contribution in [3.8, 4) is 0 Å². The number of nitrogens with one attached hydrogen (secondary N) is 1. The van der Waals surface area contributed by atoms with Crippen LogP contribution >= 0.6 is 23.4 Å². The smallest absolute Gasteiger partial charge is 0.237 e.